The predicted octanol–water partition coefficient (Wildman–Crippen LogP) is 6.17. The Kier molecular flexibility index (Phi) is 8.35. The van der Waals surface area contributed by atoms with Crippen molar-refractivity contribution in [1.82, 2.24) is 0 Å². The Bertz CT molecular complexity index is 948. The van der Waals surface area contributed by atoms with Crippen molar-refractivity contribution in [3.8, 4) is 28.4 Å². The third-order valence-corrected chi connectivity index (χ3v) is 4.96. The van der Waals surface area contributed by atoms with Crippen LogP contribution in [0.5, 0.6) is 17.2 Å². The average molecular weight is 421 g/mol. The van der Waals surface area contributed by atoms with E-state index in [1.165, 1.54) is 0 Å². The number of rotatable bonds is 12. The van der Waals surface area contributed by atoms with Crippen LogP contribution >= 0.6 is 0 Å². The fourth-order valence-corrected chi connectivity index (χ4v) is 3.24. The van der Waals surface area contributed by atoms with E-state index in [4.69, 9.17) is 14.6 Å². The van der Waals surface area contributed by atoms with E-state index in [1.807, 2.05) is 42.5 Å². The zero-order valence-corrected chi connectivity index (χ0v) is 17.5. The quantitative estimate of drug-likeness (QED) is 0.343. The second-order valence-electron chi connectivity index (χ2n) is 7.37. The van der Waals surface area contributed by atoms with Gasteiger partial charge in [0.1, 0.15) is 17.2 Å². The van der Waals surface area contributed by atoms with Crippen LogP contribution in [0.4, 0.5) is 0 Å². The molecule has 3 rings (SSSR count). The Morgan fingerprint density at radius 2 is 1.23 bits per heavy atom. The number of unbranched alkanes of at least 4 members (excludes halogenated alkanes) is 4. The number of carbonyl (C=O) groups is 1. The molecule has 0 spiro atoms. The standard InChI is InChI=1S/C26H28O5/c27-23-7-6-8-25(19-23)31-18-5-3-1-2-4-17-30-24-15-13-21(14-16-24)20-9-11-22(12-10-20)26(28)29/h6-16,19,27H,1-5,17-18H2,(H,28,29). The third kappa shape index (κ3) is 7.37. The van der Waals surface area contributed by atoms with E-state index >= 15 is 0 Å². The normalized spacial score (nSPS) is 10.6. The van der Waals surface area contributed by atoms with Crippen LogP contribution < -0.4 is 9.47 Å². The number of phenolic OH excluding ortho intramolecular Hbond substituents is 1. The van der Waals surface area contributed by atoms with Crippen LogP contribution in [0.1, 0.15) is 42.5 Å². The molecule has 0 unspecified atom stereocenters. The molecule has 0 aromatic heterocycles. The lowest BCUT2D eigenvalue weighted by Gasteiger charge is -2.08. The minimum atomic E-state index is -0.919. The molecule has 0 atom stereocenters. The van der Waals surface area contributed by atoms with Crippen molar-refractivity contribution >= 4 is 5.97 Å². The van der Waals surface area contributed by atoms with Gasteiger partial charge in [-0.2, -0.15) is 0 Å². The van der Waals surface area contributed by atoms with Crippen molar-refractivity contribution in [1.29, 1.82) is 0 Å². The molecule has 0 radical (unpaired) electrons. The molecule has 5 nitrogen and oxygen atoms in total. The van der Waals surface area contributed by atoms with Crippen LogP contribution in [0.3, 0.4) is 0 Å². The number of aromatic carboxylic acids is 1. The summed E-state index contributed by atoms with van der Waals surface area (Å²) in [5, 5.41) is 18.4. The van der Waals surface area contributed by atoms with Gasteiger partial charge in [-0.3, -0.25) is 0 Å². The van der Waals surface area contributed by atoms with Gasteiger partial charge < -0.3 is 19.7 Å². The first-order valence-electron chi connectivity index (χ1n) is 10.6. The molecule has 3 aromatic carbocycles. The van der Waals surface area contributed by atoms with Gasteiger partial charge in [-0.1, -0.05) is 49.6 Å². The van der Waals surface area contributed by atoms with Gasteiger partial charge in [-0.15, -0.1) is 0 Å². The molecule has 0 aliphatic rings. The molecule has 0 fully saturated rings. The van der Waals surface area contributed by atoms with Gasteiger partial charge >= 0.3 is 5.97 Å². The van der Waals surface area contributed by atoms with Crippen LogP contribution in [0.2, 0.25) is 0 Å². The van der Waals surface area contributed by atoms with Gasteiger partial charge in [-0.25, -0.2) is 4.79 Å². The smallest absolute Gasteiger partial charge is 0.335 e. The van der Waals surface area contributed by atoms with E-state index in [0.717, 1.165) is 49.0 Å². The van der Waals surface area contributed by atoms with Crippen LogP contribution in [0, 0.1) is 0 Å². The summed E-state index contributed by atoms with van der Waals surface area (Å²) in [5.74, 6) is 0.848. The second-order valence-corrected chi connectivity index (χ2v) is 7.37. The lowest BCUT2D eigenvalue weighted by Crippen LogP contribution is -1.99. The number of benzene rings is 3. The molecule has 0 amide bonds. The highest BCUT2D eigenvalue weighted by atomic mass is 16.5. The molecule has 0 bridgehead atoms. The fraction of sp³-hybridized carbons (Fsp3) is 0.269. The predicted molar refractivity (Wildman–Crippen MR) is 121 cm³/mol. The van der Waals surface area contributed by atoms with Gasteiger partial charge in [-0.05, 0) is 60.4 Å². The molecule has 5 heteroatoms. The lowest BCUT2D eigenvalue weighted by atomic mass is 10.0. The van der Waals surface area contributed by atoms with Crippen molar-refractivity contribution in [2.24, 2.45) is 0 Å². The first kappa shape index (κ1) is 22.2. The summed E-state index contributed by atoms with van der Waals surface area (Å²) in [6.45, 7) is 1.35. The van der Waals surface area contributed by atoms with E-state index < -0.39 is 5.97 Å². The molecule has 0 aliphatic carbocycles. The molecular weight excluding hydrogens is 392 g/mol. The summed E-state index contributed by atoms with van der Waals surface area (Å²) in [6.07, 6.45) is 5.35. The summed E-state index contributed by atoms with van der Waals surface area (Å²) < 4.78 is 11.4. The number of aromatic hydroxyl groups is 1. The van der Waals surface area contributed by atoms with E-state index in [-0.39, 0.29) is 11.3 Å². The van der Waals surface area contributed by atoms with Gasteiger partial charge in [0.25, 0.3) is 0 Å². The molecule has 0 saturated heterocycles. The highest BCUT2D eigenvalue weighted by molar-refractivity contribution is 5.88. The van der Waals surface area contributed by atoms with Gasteiger partial charge in [0.05, 0.1) is 18.8 Å². The van der Waals surface area contributed by atoms with E-state index in [9.17, 15) is 9.90 Å². The SMILES string of the molecule is O=C(O)c1ccc(-c2ccc(OCCCCCCCOc3cccc(O)c3)cc2)cc1. The van der Waals surface area contributed by atoms with Gasteiger partial charge in [0, 0.05) is 6.07 Å². The van der Waals surface area contributed by atoms with E-state index in [0.29, 0.717) is 19.0 Å². The van der Waals surface area contributed by atoms with Crippen molar-refractivity contribution in [2.75, 3.05) is 13.2 Å². The third-order valence-electron chi connectivity index (χ3n) is 4.96. The first-order chi connectivity index (χ1) is 15.1. The van der Waals surface area contributed by atoms with E-state index in [1.54, 1.807) is 30.3 Å². The van der Waals surface area contributed by atoms with Crippen molar-refractivity contribution < 1.29 is 24.5 Å². The van der Waals surface area contributed by atoms with Gasteiger partial charge in [0.15, 0.2) is 0 Å². The monoisotopic (exact) mass is 420 g/mol. The maximum Gasteiger partial charge on any atom is 0.335 e. The Labute approximate surface area is 182 Å². The Balaban J connectivity index is 1.27. The van der Waals surface area contributed by atoms with Gasteiger partial charge in [0.2, 0.25) is 0 Å². The maximum absolute atomic E-state index is 10.9. The molecule has 2 N–H and O–H groups in total. The molecule has 0 heterocycles. The topological polar surface area (TPSA) is 76.0 Å². The number of ether oxygens (including phenoxy) is 2. The van der Waals surface area contributed by atoms with Crippen LogP contribution in [-0.2, 0) is 0 Å². The van der Waals surface area contributed by atoms with E-state index in [2.05, 4.69) is 0 Å². The number of hydrogen-bond acceptors (Lipinski definition) is 4. The molecule has 3 aromatic rings. The molecule has 162 valence electrons. The molecule has 0 saturated carbocycles. The zero-order chi connectivity index (χ0) is 21.9. The first-order valence-corrected chi connectivity index (χ1v) is 10.6. The second kappa shape index (κ2) is 11.6. The largest absolute Gasteiger partial charge is 0.508 e. The summed E-state index contributed by atoms with van der Waals surface area (Å²) in [5.41, 5.74) is 2.29. The van der Waals surface area contributed by atoms with Crippen LogP contribution in [-0.4, -0.2) is 29.4 Å². The number of carboxylic acid groups (broad SMARTS) is 1. The Morgan fingerprint density at radius 1 is 0.677 bits per heavy atom. The van der Waals surface area contributed by atoms with Crippen LogP contribution in [0.25, 0.3) is 11.1 Å². The van der Waals surface area contributed by atoms with Crippen LogP contribution in [0.15, 0.2) is 72.8 Å². The minimum Gasteiger partial charge on any atom is -0.508 e. The highest BCUT2D eigenvalue weighted by Crippen LogP contribution is 2.23. The number of phenols is 1. The summed E-state index contributed by atoms with van der Waals surface area (Å²) in [6, 6.07) is 21.6. The zero-order valence-electron chi connectivity index (χ0n) is 17.5. The number of hydrogen-bond donors (Lipinski definition) is 2. The summed E-state index contributed by atoms with van der Waals surface area (Å²) >= 11 is 0. The lowest BCUT2D eigenvalue weighted by molar-refractivity contribution is 0.0697. The Morgan fingerprint density at radius 3 is 1.81 bits per heavy atom. The number of carboxylic acids is 1. The summed E-state index contributed by atoms with van der Waals surface area (Å²) in [4.78, 5) is 10.9. The van der Waals surface area contributed by atoms with Crippen molar-refractivity contribution in [3.05, 3.63) is 78.4 Å². The summed E-state index contributed by atoms with van der Waals surface area (Å²) in [7, 11) is 0. The Hall–Kier alpha value is -3.47. The molecule has 31 heavy (non-hydrogen) atoms. The average Bonchev–Trinajstić information content (AvgIpc) is 2.78. The maximum atomic E-state index is 10.9. The van der Waals surface area contributed by atoms with Crippen molar-refractivity contribution in [3.63, 3.8) is 0 Å². The fourth-order valence-electron chi connectivity index (χ4n) is 3.24. The molecule has 0 aliphatic heterocycles. The van der Waals surface area contributed by atoms with Crippen molar-refractivity contribution in [2.45, 2.75) is 32.1 Å². The molecular formula is C26H28O5. The minimum absolute atomic E-state index is 0.224. The highest BCUT2D eigenvalue weighted by Gasteiger charge is 2.04.